The molecule has 0 aliphatic carbocycles. The van der Waals surface area contributed by atoms with Gasteiger partial charge >= 0.3 is 0 Å². The van der Waals surface area contributed by atoms with Crippen molar-refractivity contribution in [1.82, 2.24) is 9.55 Å². The highest BCUT2D eigenvalue weighted by molar-refractivity contribution is 5.32. The zero-order valence-electron chi connectivity index (χ0n) is 9.26. The molecule has 84 valence electrons. The van der Waals surface area contributed by atoms with Gasteiger partial charge in [0.15, 0.2) is 0 Å². The van der Waals surface area contributed by atoms with Crippen LogP contribution < -0.4 is 10.6 Å². The summed E-state index contributed by atoms with van der Waals surface area (Å²) in [5.41, 5.74) is 5.64. The molecule has 1 fully saturated rings. The number of hydrogen-bond acceptors (Lipinski definition) is 4. The van der Waals surface area contributed by atoms with Crippen LogP contribution in [0.5, 0.6) is 0 Å². The van der Waals surface area contributed by atoms with Crippen LogP contribution in [-0.4, -0.2) is 41.4 Å². The molecule has 0 amide bonds. The third-order valence-electron chi connectivity index (χ3n) is 2.67. The molecule has 1 saturated heterocycles. The summed E-state index contributed by atoms with van der Waals surface area (Å²) >= 11 is 0. The number of nitrogens with zero attached hydrogens (tertiary/aromatic N) is 3. The van der Waals surface area contributed by atoms with Crippen LogP contribution in [0.15, 0.2) is 12.4 Å². The molecular weight excluding hydrogens is 192 g/mol. The topological polar surface area (TPSA) is 56.3 Å². The Morgan fingerprint density at radius 1 is 1.60 bits per heavy atom. The standard InChI is InChI=1S/C10H18N4O/c1-8-6-14(7-9(5-11)15-8)10-12-3-4-13(10)2/h3-4,8-9H,5-7,11H2,1-2H3. The van der Waals surface area contributed by atoms with E-state index in [4.69, 9.17) is 10.5 Å². The summed E-state index contributed by atoms with van der Waals surface area (Å²) in [5, 5.41) is 0. The van der Waals surface area contributed by atoms with E-state index in [0.29, 0.717) is 6.54 Å². The Bertz CT molecular complexity index is 325. The number of imidazole rings is 1. The first kappa shape index (κ1) is 10.4. The zero-order valence-corrected chi connectivity index (χ0v) is 9.26. The van der Waals surface area contributed by atoms with Crippen LogP contribution in [0.3, 0.4) is 0 Å². The number of aromatic nitrogens is 2. The molecule has 2 atom stereocenters. The number of ether oxygens (including phenoxy) is 1. The van der Waals surface area contributed by atoms with Crippen LogP contribution in [-0.2, 0) is 11.8 Å². The van der Waals surface area contributed by atoms with E-state index >= 15 is 0 Å². The first-order valence-corrected chi connectivity index (χ1v) is 5.28. The van der Waals surface area contributed by atoms with Crippen molar-refractivity contribution in [2.75, 3.05) is 24.5 Å². The first-order chi connectivity index (χ1) is 7.20. The van der Waals surface area contributed by atoms with Crippen molar-refractivity contribution in [2.24, 2.45) is 12.8 Å². The maximum absolute atomic E-state index is 5.70. The molecule has 1 aliphatic heterocycles. The van der Waals surface area contributed by atoms with Gasteiger partial charge in [0, 0.05) is 39.1 Å². The Labute approximate surface area is 89.8 Å². The van der Waals surface area contributed by atoms with Gasteiger partial charge in [-0.05, 0) is 6.92 Å². The molecule has 0 saturated carbocycles. The van der Waals surface area contributed by atoms with Crippen molar-refractivity contribution in [3.63, 3.8) is 0 Å². The van der Waals surface area contributed by atoms with Crippen LogP contribution in [0.4, 0.5) is 5.95 Å². The number of anilines is 1. The second kappa shape index (κ2) is 4.20. The molecule has 2 heterocycles. The van der Waals surface area contributed by atoms with Crippen LogP contribution in [0.2, 0.25) is 0 Å². The largest absolute Gasteiger partial charge is 0.370 e. The van der Waals surface area contributed by atoms with Gasteiger partial charge in [-0.2, -0.15) is 0 Å². The fraction of sp³-hybridized carbons (Fsp3) is 0.700. The van der Waals surface area contributed by atoms with E-state index in [1.54, 1.807) is 0 Å². The Morgan fingerprint density at radius 2 is 2.40 bits per heavy atom. The molecule has 0 radical (unpaired) electrons. The highest BCUT2D eigenvalue weighted by atomic mass is 16.5. The lowest BCUT2D eigenvalue weighted by Gasteiger charge is -2.36. The van der Waals surface area contributed by atoms with Gasteiger partial charge in [-0.1, -0.05) is 0 Å². The Balaban J connectivity index is 2.12. The van der Waals surface area contributed by atoms with Gasteiger partial charge < -0.3 is 19.9 Å². The lowest BCUT2D eigenvalue weighted by molar-refractivity contribution is -0.0110. The van der Waals surface area contributed by atoms with Crippen molar-refractivity contribution in [2.45, 2.75) is 19.1 Å². The van der Waals surface area contributed by atoms with E-state index in [1.807, 2.05) is 24.0 Å². The van der Waals surface area contributed by atoms with Gasteiger partial charge in [0.2, 0.25) is 5.95 Å². The number of nitrogens with two attached hydrogens (primary N) is 1. The minimum absolute atomic E-state index is 0.116. The minimum Gasteiger partial charge on any atom is -0.370 e. The SMILES string of the molecule is CC1CN(c2nccn2C)CC(CN)O1. The van der Waals surface area contributed by atoms with Gasteiger partial charge in [-0.3, -0.25) is 0 Å². The molecule has 15 heavy (non-hydrogen) atoms. The molecule has 5 nitrogen and oxygen atoms in total. The van der Waals surface area contributed by atoms with E-state index in [9.17, 15) is 0 Å². The summed E-state index contributed by atoms with van der Waals surface area (Å²) < 4.78 is 7.72. The van der Waals surface area contributed by atoms with Crippen LogP contribution in [0.25, 0.3) is 0 Å². The van der Waals surface area contributed by atoms with Crippen molar-refractivity contribution in [3.8, 4) is 0 Å². The van der Waals surface area contributed by atoms with E-state index in [0.717, 1.165) is 19.0 Å². The van der Waals surface area contributed by atoms with Crippen LogP contribution in [0, 0.1) is 0 Å². The summed E-state index contributed by atoms with van der Waals surface area (Å²) in [6.45, 7) is 4.33. The van der Waals surface area contributed by atoms with Gasteiger partial charge in [0.05, 0.1) is 12.2 Å². The Morgan fingerprint density at radius 3 is 3.00 bits per heavy atom. The highest BCUT2D eigenvalue weighted by Gasteiger charge is 2.26. The van der Waals surface area contributed by atoms with E-state index in [1.165, 1.54) is 0 Å². The molecule has 0 spiro atoms. The average molecular weight is 210 g/mol. The second-order valence-electron chi connectivity index (χ2n) is 4.05. The van der Waals surface area contributed by atoms with Gasteiger partial charge in [-0.15, -0.1) is 0 Å². The predicted molar refractivity (Wildman–Crippen MR) is 58.8 cm³/mol. The van der Waals surface area contributed by atoms with Crippen molar-refractivity contribution in [3.05, 3.63) is 12.4 Å². The molecule has 1 aromatic heterocycles. The van der Waals surface area contributed by atoms with Crippen molar-refractivity contribution in [1.29, 1.82) is 0 Å². The maximum atomic E-state index is 5.70. The van der Waals surface area contributed by atoms with Crippen molar-refractivity contribution >= 4 is 5.95 Å². The fourth-order valence-corrected chi connectivity index (χ4v) is 2.00. The molecular formula is C10H18N4O. The summed E-state index contributed by atoms with van der Waals surface area (Å²) in [6, 6.07) is 0. The van der Waals surface area contributed by atoms with E-state index in [2.05, 4.69) is 16.8 Å². The Hall–Kier alpha value is -1.07. The second-order valence-corrected chi connectivity index (χ2v) is 4.05. The summed E-state index contributed by atoms with van der Waals surface area (Å²) in [5.74, 6) is 0.989. The summed E-state index contributed by atoms with van der Waals surface area (Å²) in [7, 11) is 2.00. The molecule has 2 rings (SSSR count). The number of hydrogen-bond donors (Lipinski definition) is 1. The maximum Gasteiger partial charge on any atom is 0.205 e. The zero-order chi connectivity index (χ0) is 10.8. The molecule has 5 heteroatoms. The molecule has 2 unspecified atom stereocenters. The smallest absolute Gasteiger partial charge is 0.205 e. The molecule has 1 aromatic rings. The summed E-state index contributed by atoms with van der Waals surface area (Å²) in [4.78, 5) is 6.56. The van der Waals surface area contributed by atoms with Crippen molar-refractivity contribution < 1.29 is 4.74 Å². The Kier molecular flexibility index (Phi) is 2.93. The third-order valence-corrected chi connectivity index (χ3v) is 2.67. The minimum atomic E-state index is 0.116. The highest BCUT2D eigenvalue weighted by Crippen LogP contribution is 2.17. The predicted octanol–water partition coefficient (Wildman–Crippen LogP) is -0.0275. The number of rotatable bonds is 2. The number of aryl methyl sites for hydroxylation is 1. The molecule has 2 N–H and O–H groups in total. The van der Waals surface area contributed by atoms with Crippen LogP contribution >= 0.6 is 0 Å². The lowest BCUT2D eigenvalue weighted by atomic mass is 10.2. The fourth-order valence-electron chi connectivity index (χ4n) is 2.00. The summed E-state index contributed by atoms with van der Waals surface area (Å²) in [6.07, 6.45) is 4.09. The molecule has 0 aromatic carbocycles. The normalized spacial score (nSPS) is 27.0. The lowest BCUT2D eigenvalue weighted by Crippen LogP contribution is -2.50. The van der Waals surface area contributed by atoms with Crippen LogP contribution in [0.1, 0.15) is 6.92 Å². The average Bonchev–Trinajstić information content (AvgIpc) is 2.63. The number of morpholine rings is 1. The van der Waals surface area contributed by atoms with Gasteiger partial charge in [-0.25, -0.2) is 4.98 Å². The molecule has 0 bridgehead atoms. The van der Waals surface area contributed by atoms with Gasteiger partial charge in [0.25, 0.3) is 0 Å². The van der Waals surface area contributed by atoms with E-state index < -0.39 is 0 Å². The quantitative estimate of drug-likeness (QED) is 0.745. The first-order valence-electron chi connectivity index (χ1n) is 5.28. The van der Waals surface area contributed by atoms with E-state index in [-0.39, 0.29) is 12.2 Å². The van der Waals surface area contributed by atoms with Gasteiger partial charge in [0.1, 0.15) is 0 Å². The third kappa shape index (κ3) is 2.13. The molecule has 1 aliphatic rings. The monoisotopic (exact) mass is 210 g/mol.